The molecule has 0 aliphatic heterocycles. The third-order valence-corrected chi connectivity index (χ3v) is 3.68. The predicted octanol–water partition coefficient (Wildman–Crippen LogP) is 3.94. The Morgan fingerprint density at radius 2 is 1.82 bits per heavy atom. The van der Waals surface area contributed by atoms with Crippen LogP contribution in [0, 0.1) is 6.92 Å². The van der Waals surface area contributed by atoms with Gasteiger partial charge in [-0.05, 0) is 55.4 Å². The van der Waals surface area contributed by atoms with Gasteiger partial charge >= 0.3 is 0 Å². The first-order valence-electron chi connectivity index (χ1n) is 6.39. The van der Waals surface area contributed by atoms with Gasteiger partial charge in [-0.25, -0.2) is 0 Å². The lowest BCUT2D eigenvalue weighted by molar-refractivity contribution is 0.683. The molecule has 1 nitrogen and oxygen atoms in total. The number of rotatable bonds is 1. The zero-order chi connectivity index (χ0) is 11.7. The summed E-state index contributed by atoms with van der Waals surface area (Å²) in [6.45, 7) is 2.17. The lowest BCUT2D eigenvalue weighted by Gasteiger charge is -2.19. The first-order chi connectivity index (χ1) is 8.36. The quantitative estimate of drug-likeness (QED) is 0.713. The number of aromatic nitrogens is 1. The summed E-state index contributed by atoms with van der Waals surface area (Å²) in [6, 6.07) is 10.7. The fraction of sp³-hybridized carbons (Fsp3) is 0.312. The monoisotopic (exact) mass is 223 g/mol. The molecule has 0 N–H and O–H groups in total. The molecule has 0 unspecified atom stereocenters. The molecule has 0 spiro atoms. The largest absolute Gasteiger partial charge is 0.256 e. The van der Waals surface area contributed by atoms with Crippen LogP contribution in [0.4, 0.5) is 0 Å². The second kappa shape index (κ2) is 4.33. The summed E-state index contributed by atoms with van der Waals surface area (Å²) < 4.78 is 0. The summed E-state index contributed by atoms with van der Waals surface area (Å²) in [7, 11) is 0. The van der Waals surface area contributed by atoms with Gasteiger partial charge < -0.3 is 0 Å². The minimum Gasteiger partial charge on any atom is -0.256 e. The summed E-state index contributed by atoms with van der Waals surface area (Å²) in [4.78, 5) is 4.62. The molecule has 0 amide bonds. The molecule has 1 heterocycles. The van der Waals surface area contributed by atoms with E-state index in [0.29, 0.717) is 0 Å². The van der Waals surface area contributed by atoms with Crippen molar-refractivity contribution in [2.45, 2.75) is 32.6 Å². The van der Waals surface area contributed by atoms with Crippen LogP contribution in [0.25, 0.3) is 11.3 Å². The van der Waals surface area contributed by atoms with Gasteiger partial charge in [0.05, 0.1) is 5.69 Å². The van der Waals surface area contributed by atoms with Crippen molar-refractivity contribution in [2.24, 2.45) is 0 Å². The normalized spacial score (nSPS) is 14.4. The summed E-state index contributed by atoms with van der Waals surface area (Å²) in [5, 5.41) is 0. The number of nitrogens with zero attached hydrogens (tertiary/aromatic N) is 1. The molecule has 0 atom stereocenters. The molecule has 1 aromatic heterocycles. The molecule has 17 heavy (non-hydrogen) atoms. The van der Waals surface area contributed by atoms with E-state index >= 15 is 0 Å². The number of aryl methyl sites for hydroxylation is 2. The maximum Gasteiger partial charge on any atom is 0.0739 e. The first-order valence-corrected chi connectivity index (χ1v) is 6.39. The van der Waals surface area contributed by atoms with E-state index in [1.807, 2.05) is 6.20 Å². The molecule has 0 radical (unpaired) electrons. The van der Waals surface area contributed by atoms with E-state index in [2.05, 4.69) is 42.2 Å². The van der Waals surface area contributed by atoms with Gasteiger partial charge in [-0.3, -0.25) is 4.98 Å². The average molecular weight is 223 g/mol. The highest BCUT2D eigenvalue weighted by Crippen LogP contribution is 2.31. The average Bonchev–Trinajstić information content (AvgIpc) is 2.39. The van der Waals surface area contributed by atoms with E-state index in [1.165, 1.54) is 53.6 Å². The Hall–Kier alpha value is -1.63. The van der Waals surface area contributed by atoms with Crippen LogP contribution in [0.5, 0.6) is 0 Å². The highest BCUT2D eigenvalue weighted by molar-refractivity contribution is 5.68. The Kier molecular flexibility index (Phi) is 2.68. The standard InChI is InChI=1S/C16H17N/c1-12-6-2-4-8-14(12)16-15-9-5-3-7-13(15)10-11-17-16/h2,4,6,8,10-11H,3,5,7,9H2,1H3. The van der Waals surface area contributed by atoms with Crippen LogP contribution in [-0.4, -0.2) is 4.98 Å². The zero-order valence-electron chi connectivity index (χ0n) is 10.2. The minimum atomic E-state index is 1.19. The first kappa shape index (κ1) is 10.5. The number of pyridine rings is 1. The Labute approximate surface area is 103 Å². The number of benzene rings is 1. The van der Waals surface area contributed by atoms with E-state index in [-0.39, 0.29) is 0 Å². The van der Waals surface area contributed by atoms with Gasteiger partial charge in [-0.1, -0.05) is 24.3 Å². The fourth-order valence-corrected chi connectivity index (χ4v) is 2.73. The molecule has 3 rings (SSSR count). The van der Waals surface area contributed by atoms with Crippen LogP contribution in [0.15, 0.2) is 36.5 Å². The van der Waals surface area contributed by atoms with Crippen LogP contribution in [-0.2, 0) is 12.8 Å². The molecule has 1 aromatic carbocycles. The minimum absolute atomic E-state index is 1.19. The Bertz CT molecular complexity index is 543. The van der Waals surface area contributed by atoms with Gasteiger partial charge in [0.15, 0.2) is 0 Å². The highest BCUT2D eigenvalue weighted by atomic mass is 14.7. The molecular weight excluding hydrogens is 206 g/mol. The van der Waals surface area contributed by atoms with Gasteiger partial charge in [0.25, 0.3) is 0 Å². The molecule has 0 saturated carbocycles. The van der Waals surface area contributed by atoms with Crippen LogP contribution in [0.1, 0.15) is 29.5 Å². The van der Waals surface area contributed by atoms with Crippen molar-refractivity contribution >= 4 is 0 Å². The Balaban J connectivity index is 2.18. The molecule has 2 aromatic rings. The van der Waals surface area contributed by atoms with E-state index < -0.39 is 0 Å². The van der Waals surface area contributed by atoms with Crippen molar-refractivity contribution in [3.63, 3.8) is 0 Å². The van der Waals surface area contributed by atoms with Gasteiger partial charge in [-0.15, -0.1) is 0 Å². The third-order valence-electron chi connectivity index (χ3n) is 3.68. The molecule has 0 bridgehead atoms. The van der Waals surface area contributed by atoms with E-state index in [4.69, 9.17) is 0 Å². The summed E-state index contributed by atoms with van der Waals surface area (Å²) >= 11 is 0. The van der Waals surface area contributed by atoms with Gasteiger partial charge in [-0.2, -0.15) is 0 Å². The molecule has 0 fully saturated rings. The number of hydrogen-bond acceptors (Lipinski definition) is 1. The Morgan fingerprint density at radius 1 is 1.00 bits per heavy atom. The van der Waals surface area contributed by atoms with Crippen molar-refractivity contribution in [1.82, 2.24) is 4.98 Å². The van der Waals surface area contributed by atoms with Gasteiger partial charge in [0.1, 0.15) is 0 Å². The van der Waals surface area contributed by atoms with Crippen molar-refractivity contribution in [2.75, 3.05) is 0 Å². The molecule has 1 aliphatic rings. The molecule has 86 valence electrons. The lowest BCUT2D eigenvalue weighted by atomic mass is 9.88. The SMILES string of the molecule is Cc1ccccc1-c1nccc2c1CCCC2. The highest BCUT2D eigenvalue weighted by Gasteiger charge is 2.15. The zero-order valence-corrected chi connectivity index (χ0v) is 10.2. The second-order valence-corrected chi connectivity index (χ2v) is 4.82. The van der Waals surface area contributed by atoms with Crippen LogP contribution >= 0.6 is 0 Å². The van der Waals surface area contributed by atoms with Crippen molar-refractivity contribution in [1.29, 1.82) is 0 Å². The summed E-state index contributed by atoms with van der Waals surface area (Å²) in [5.41, 5.74) is 6.81. The number of fused-ring (bicyclic) bond motifs is 1. The second-order valence-electron chi connectivity index (χ2n) is 4.82. The van der Waals surface area contributed by atoms with Crippen molar-refractivity contribution in [3.05, 3.63) is 53.2 Å². The fourth-order valence-electron chi connectivity index (χ4n) is 2.73. The smallest absolute Gasteiger partial charge is 0.0739 e. The lowest BCUT2D eigenvalue weighted by Crippen LogP contribution is -2.06. The van der Waals surface area contributed by atoms with Crippen molar-refractivity contribution in [3.8, 4) is 11.3 Å². The van der Waals surface area contributed by atoms with Crippen LogP contribution in [0.3, 0.4) is 0 Å². The van der Waals surface area contributed by atoms with E-state index in [1.54, 1.807) is 0 Å². The summed E-state index contributed by atoms with van der Waals surface area (Å²) in [6.07, 6.45) is 7.00. The van der Waals surface area contributed by atoms with Crippen LogP contribution < -0.4 is 0 Å². The predicted molar refractivity (Wildman–Crippen MR) is 71.1 cm³/mol. The van der Waals surface area contributed by atoms with Crippen molar-refractivity contribution < 1.29 is 0 Å². The van der Waals surface area contributed by atoms with Crippen LogP contribution in [0.2, 0.25) is 0 Å². The molecule has 0 saturated heterocycles. The maximum absolute atomic E-state index is 4.62. The third kappa shape index (κ3) is 1.86. The van der Waals surface area contributed by atoms with E-state index in [0.717, 1.165) is 0 Å². The summed E-state index contributed by atoms with van der Waals surface area (Å²) in [5.74, 6) is 0. The molecule has 1 aliphatic carbocycles. The topological polar surface area (TPSA) is 12.9 Å². The van der Waals surface area contributed by atoms with E-state index in [9.17, 15) is 0 Å². The molecule has 1 heteroatoms. The number of hydrogen-bond donors (Lipinski definition) is 0. The van der Waals surface area contributed by atoms with Gasteiger partial charge in [0, 0.05) is 11.8 Å². The van der Waals surface area contributed by atoms with Gasteiger partial charge in [0.2, 0.25) is 0 Å². The molecular formula is C16H17N. The maximum atomic E-state index is 4.62. The Morgan fingerprint density at radius 3 is 2.71 bits per heavy atom.